The van der Waals surface area contributed by atoms with E-state index in [4.69, 9.17) is 14.6 Å². The minimum atomic E-state index is -0.829. The Morgan fingerprint density at radius 2 is 2.06 bits per heavy atom. The van der Waals surface area contributed by atoms with Gasteiger partial charge in [0.15, 0.2) is 11.5 Å². The molecule has 1 aliphatic rings. The fourth-order valence-corrected chi connectivity index (χ4v) is 2.01. The topological polar surface area (TPSA) is 55.8 Å². The van der Waals surface area contributed by atoms with Gasteiger partial charge in [0, 0.05) is 6.42 Å². The zero-order valence-corrected chi connectivity index (χ0v) is 11.5. The molecule has 4 nitrogen and oxygen atoms in total. The molecule has 0 aliphatic carbocycles. The Kier molecular flexibility index (Phi) is 4.47. The Morgan fingerprint density at radius 1 is 1.33 bits per heavy atom. The summed E-state index contributed by atoms with van der Waals surface area (Å²) >= 11 is 3.13. The van der Waals surface area contributed by atoms with Crippen molar-refractivity contribution >= 4 is 21.9 Å². The number of alkyl halides is 1. The average molecular weight is 315 g/mol. The monoisotopic (exact) mass is 314 g/mol. The van der Waals surface area contributed by atoms with Crippen LogP contribution in [-0.2, 0) is 11.2 Å². The third kappa shape index (κ3) is 3.38. The molecular formula is C13H15BrO4. The van der Waals surface area contributed by atoms with Gasteiger partial charge in [0.05, 0.1) is 13.2 Å². The number of carboxylic acids is 1. The molecule has 0 spiro atoms. The molecule has 1 atom stereocenters. The smallest absolute Gasteiger partial charge is 0.317 e. The van der Waals surface area contributed by atoms with Gasteiger partial charge >= 0.3 is 5.97 Å². The van der Waals surface area contributed by atoms with Gasteiger partial charge in [-0.25, -0.2) is 0 Å². The molecule has 0 saturated carbocycles. The first-order valence-electron chi connectivity index (χ1n) is 5.92. The lowest BCUT2D eigenvalue weighted by Gasteiger charge is -2.10. The summed E-state index contributed by atoms with van der Waals surface area (Å²) < 4.78 is 11.1. The van der Waals surface area contributed by atoms with Gasteiger partial charge in [-0.3, -0.25) is 4.79 Å². The summed E-state index contributed by atoms with van der Waals surface area (Å²) in [7, 11) is 0. The molecule has 0 radical (unpaired) electrons. The molecule has 1 aromatic carbocycles. The van der Waals surface area contributed by atoms with Crippen molar-refractivity contribution in [1.82, 2.24) is 0 Å². The summed E-state index contributed by atoms with van der Waals surface area (Å²) in [6.45, 7) is 1.33. The summed E-state index contributed by atoms with van der Waals surface area (Å²) in [6, 6.07) is 5.78. The maximum Gasteiger partial charge on any atom is 0.317 e. The van der Waals surface area contributed by atoms with Gasteiger partial charge in [-0.1, -0.05) is 22.0 Å². The maximum absolute atomic E-state index is 10.7. The molecule has 5 heteroatoms. The van der Waals surface area contributed by atoms with Gasteiger partial charge < -0.3 is 14.6 Å². The lowest BCUT2D eigenvalue weighted by molar-refractivity contribution is -0.136. The molecule has 1 N–H and O–H groups in total. The number of aryl methyl sites for hydroxylation is 1. The van der Waals surface area contributed by atoms with E-state index in [1.54, 1.807) is 0 Å². The van der Waals surface area contributed by atoms with Crippen LogP contribution in [0.2, 0.25) is 0 Å². The van der Waals surface area contributed by atoms with Crippen LogP contribution in [0.25, 0.3) is 0 Å². The number of benzene rings is 1. The predicted molar refractivity (Wildman–Crippen MR) is 70.7 cm³/mol. The van der Waals surface area contributed by atoms with E-state index in [9.17, 15) is 4.79 Å². The van der Waals surface area contributed by atoms with Crippen LogP contribution < -0.4 is 9.47 Å². The zero-order valence-electron chi connectivity index (χ0n) is 9.89. The Labute approximate surface area is 114 Å². The lowest BCUT2D eigenvalue weighted by Crippen LogP contribution is -2.13. The first-order valence-corrected chi connectivity index (χ1v) is 6.84. The molecule has 0 fully saturated rings. The van der Waals surface area contributed by atoms with Crippen molar-refractivity contribution in [3.8, 4) is 11.5 Å². The first kappa shape index (κ1) is 13.2. The lowest BCUT2D eigenvalue weighted by atomic mass is 10.1. The summed E-state index contributed by atoms with van der Waals surface area (Å²) in [5, 5.41) is 8.80. The third-order valence-corrected chi connectivity index (χ3v) is 3.62. The standard InChI is InChI=1S/C13H15BrO4/c14-10(13(15)16)4-2-9-3-5-11-12(8-9)18-7-1-6-17-11/h3,5,8,10H,1-2,4,6-7H2,(H,15,16). The first-order chi connectivity index (χ1) is 8.66. The van der Waals surface area contributed by atoms with E-state index < -0.39 is 10.8 Å². The summed E-state index contributed by atoms with van der Waals surface area (Å²) in [6.07, 6.45) is 2.13. The number of halogens is 1. The van der Waals surface area contributed by atoms with Crippen molar-refractivity contribution in [2.75, 3.05) is 13.2 Å². The third-order valence-electron chi connectivity index (χ3n) is 2.77. The number of ether oxygens (including phenoxy) is 2. The molecule has 0 aromatic heterocycles. The highest BCUT2D eigenvalue weighted by Gasteiger charge is 2.14. The van der Waals surface area contributed by atoms with Crippen LogP contribution in [0.3, 0.4) is 0 Å². The quantitative estimate of drug-likeness (QED) is 0.868. The highest BCUT2D eigenvalue weighted by Crippen LogP contribution is 2.31. The highest BCUT2D eigenvalue weighted by atomic mass is 79.9. The normalized spacial score (nSPS) is 15.8. The van der Waals surface area contributed by atoms with Crippen molar-refractivity contribution in [1.29, 1.82) is 0 Å². The van der Waals surface area contributed by atoms with Gasteiger partial charge in [0.25, 0.3) is 0 Å². The van der Waals surface area contributed by atoms with Crippen LogP contribution in [0.1, 0.15) is 18.4 Å². The number of fused-ring (bicyclic) bond motifs is 1. The van der Waals surface area contributed by atoms with E-state index >= 15 is 0 Å². The van der Waals surface area contributed by atoms with Crippen molar-refractivity contribution in [2.45, 2.75) is 24.1 Å². The molecule has 1 aromatic rings. The van der Waals surface area contributed by atoms with Crippen molar-refractivity contribution in [3.63, 3.8) is 0 Å². The highest BCUT2D eigenvalue weighted by molar-refractivity contribution is 9.10. The summed E-state index contributed by atoms with van der Waals surface area (Å²) in [5.41, 5.74) is 1.06. The number of rotatable bonds is 4. The van der Waals surface area contributed by atoms with Crippen molar-refractivity contribution in [2.24, 2.45) is 0 Å². The SMILES string of the molecule is O=C(O)C(Br)CCc1ccc2c(c1)OCCCO2. The van der Waals surface area contributed by atoms with Gasteiger partial charge in [-0.2, -0.15) is 0 Å². The molecule has 2 rings (SSSR count). The number of carboxylic acid groups (broad SMARTS) is 1. The van der Waals surface area contributed by atoms with Crippen LogP contribution in [0, 0.1) is 0 Å². The molecular weight excluding hydrogens is 300 g/mol. The van der Waals surface area contributed by atoms with Crippen molar-refractivity contribution < 1.29 is 19.4 Å². The fourth-order valence-electron chi connectivity index (χ4n) is 1.78. The van der Waals surface area contributed by atoms with Crippen LogP contribution in [0.5, 0.6) is 11.5 Å². The van der Waals surface area contributed by atoms with Crippen LogP contribution in [-0.4, -0.2) is 29.1 Å². The molecule has 0 amide bonds. The molecule has 1 unspecified atom stereocenters. The molecule has 1 heterocycles. The van der Waals surface area contributed by atoms with Gasteiger partial charge in [0.1, 0.15) is 4.83 Å². The Balaban J connectivity index is 2.02. The second-order valence-corrected chi connectivity index (χ2v) is 5.28. The van der Waals surface area contributed by atoms with Crippen LogP contribution in [0.15, 0.2) is 18.2 Å². The molecule has 18 heavy (non-hydrogen) atoms. The largest absolute Gasteiger partial charge is 0.490 e. The number of carbonyl (C=O) groups is 1. The van der Waals surface area contributed by atoms with Crippen LogP contribution in [0.4, 0.5) is 0 Å². The van der Waals surface area contributed by atoms with Crippen LogP contribution >= 0.6 is 15.9 Å². The van der Waals surface area contributed by atoms with Crippen molar-refractivity contribution in [3.05, 3.63) is 23.8 Å². The molecule has 1 aliphatic heterocycles. The average Bonchev–Trinajstić information content (AvgIpc) is 2.60. The second-order valence-electron chi connectivity index (χ2n) is 4.18. The minimum absolute atomic E-state index is 0.506. The maximum atomic E-state index is 10.7. The number of aliphatic carboxylic acids is 1. The summed E-state index contributed by atoms with van der Waals surface area (Å²) in [4.78, 5) is 10.2. The van der Waals surface area contributed by atoms with Gasteiger partial charge in [0.2, 0.25) is 0 Å². The summed E-state index contributed by atoms with van der Waals surface area (Å²) in [5.74, 6) is 0.695. The molecule has 0 bridgehead atoms. The van der Waals surface area contributed by atoms with Gasteiger partial charge in [-0.05, 0) is 30.5 Å². The Hall–Kier alpha value is -1.23. The van der Waals surface area contributed by atoms with E-state index in [0.717, 1.165) is 23.5 Å². The minimum Gasteiger partial charge on any atom is -0.490 e. The number of hydrogen-bond acceptors (Lipinski definition) is 3. The van der Waals surface area contributed by atoms with E-state index in [1.165, 1.54) is 0 Å². The predicted octanol–water partition coefficient (Wildman–Crippen LogP) is 2.63. The molecule has 98 valence electrons. The van der Waals surface area contributed by atoms with Gasteiger partial charge in [-0.15, -0.1) is 0 Å². The van der Waals surface area contributed by atoms with E-state index in [2.05, 4.69) is 15.9 Å². The Bertz CT molecular complexity index is 433. The van der Waals surface area contributed by atoms with E-state index in [1.807, 2.05) is 18.2 Å². The zero-order chi connectivity index (χ0) is 13.0. The Morgan fingerprint density at radius 3 is 2.78 bits per heavy atom. The molecule has 0 saturated heterocycles. The van der Waals surface area contributed by atoms with E-state index in [0.29, 0.717) is 26.1 Å². The van der Waals surface area contributed by atoms with E-state index in [-0.39, 0.29) is 0 Å². The number of hydrogen-bond donors (Lipinski definition) is 1. The fraction of sp³-hybridized carbons (Fsp3) is 0.462. The second kappa shape index (κ2) is 6.09.